The number of hydrogen-bond donors (Lipinski definition) is 0. The van der Waals surface area contributed by atoms with E-state index in [0.29, 0.717) is 16.7 Å². The van der Waals surface area contributed by atoms with E-state index >= 15 is 0 Å². The first kappa shape index (κ1) is 14.9. The maximum Gasteiger partial charge on any atom is 0.162 e. The molecule has 1 heterocycles. The molecule has 0 amide bonds. The van der Waals surface area contributed by atoms with Gasteiger partial charge in [0.05, 0.1) is 19.7 Å². The zero-order valence-corrected chi connectivity index (χ0v) is 13.2. The van der Waals surface area contributed by atoms with Crippen molar-refractivity contribution >= 4 is 22.5 Å². The van der Waals surface area contributed by atoms with Crippen molar-refractivity contribution in [1.29, 1.82) is 0 Å². The van der Waals surface area contributed by atoms with Gasteiger partial charge < -0.3 is 9.47 Å². The van der Waals surface area contributed by atoms with Crippen molar-refractivity contribution in [2.45, 2.75) is 32.6 Å². The number of fused-ring (bicyclic) bond motifs is 1. The second-order valence-corrected chi connectivity index (χ2v) is 5.66. The second kappa shape index (κ2) is 5.44. The lowest BCUT2D eigenvalue weighted by Crippen LogP contribution is -2.19. The Labute approximate surface area is 124 Å². The van der Waals surface area contributed by atoms with Gasteiger partial charge in [0.2, 0.25) is 0 Å². The third-order valence-electron chi connectivity index (χ3n) is 3.64. The van der Waals surface area contributed by atoms with Crippen molar-refractivity contribution in [3.05, 3.63) is 23.1 Å². The molecule has 0 spiro atoms. The van der Waals surface area contributed by atoms with E-state index in [4.69, 9.17) is 21.1 Å². The van der Waals surface area contributed by atoms with Crippen LogP contribution >= 0.6 is 11.6 Å². The van der Waals surface area contributed by atoms with E-state index in [9.17, 15) is 0 Å². The van der Waals surface area contributed by atoms with E-state index in [-0.39, 0.29) is 5.41 Å². The number of ether oxygens (including phenoxy) is 2. The molecular weight excluding hydrogens is 276 g/mol. The predicted molar refractivity (Wildman–Crippen MR) is 81.0 cm³/mol. The summed E-state index contributed by atoms with van der Waals surface area (Å²) < 4.78 is 10.6. The van der Waals surface area contributed by atoms with E-state index in [1.807, 2.05) is 6.07 Å². The van der Waals surface area contributed by atoms with Crippen LogP contribution in [-0.4, -0.2) is 24.2 Å². The first-order chi connectivity index (χ1) is 9.42. The van der Waals surface area contributed by atoms with Crippen LogP contribution in [-0.2, 0) is 5.41 Å². The first-order valence-electron chi connectivity index (χ1n) is 6.52. The molecule has 2 rings (SSSR count). The van der Waals surface area contributed by atoms with Crippen LogP contribution in [0, 0.1) is 0 Å². The standard InChI is InChI=1S/C15H19ClN2O2/c1-6-15(2,3)14-17-10-8-12(20-5)11(19-4)7-9(10)13(16)18-14/h7-8H,6H2,1-5H3. The third kappa shape index (κ3) is 2.52. The van der Waals surface area contributed by atoms with Crippen LogP contribution in [0.1, 0.15) is 33.0 Å². The normalized spacial score (nSPS) is 11.7. The molecule has 0 aliphatic rings. The molecule has 0 saturated carbocycles. The van der Waals surface area contributed by atoms with Crippen molar-refractivity contribution in [2.24, 2.45) is 0 Å². The maximum absolute atomic E-state index is 6.30. The first-order valence-corrected chi connectivity index (χ1v) is 6.90. The highest BCUT2D eigenvalue weighted by atomic mass is 35.5. The van der Waals surface area contributed by atoms with Crippen molar-refractivity contribution < 1.29 is 9.47 Å². The highest BCUT2D eigenvalue weighted by molar-refractivity contribution is 6.34. The molecular formula is C15H19ClN2O2. The number of methoxy groups -OCH3 is 2. The molecule has 1 aromatic carbocycles. The number of benzene rings is 1. The van der Waals surface area contributed by atoms with Crippen LogP contribution in [0.3, 0.4) is 0 Å². The predicted octanol–water partition coefficient (Wildman–Crippen LogP) is 3.99. The zero-order valence-electron chi connectivity index (χ0n) is 12.5. The van der Waals surface area contributed by atoms with Gasteiger partial charge in [0, 0.05) is 16.9 Å². The van der Waals surface area contributed by atoms with Gasteiger partial charge >= 0.3 is 0 Å². The average molecular weight is 295 g/mol. The van der Waals surface area contributed by atoms with Gasteiger partial charge in [0.15, 0.2) is 11.5 Å². The van der Waals surface area contributed by atoms with Crippen molar-refractivity contribution in [2.75, 3.05) is 14.2 Å². The Bertz CT molecular complexity index is 641. The highest BCUT2D eigenvalue weighted by Gasteiger charge is 2.23. The van der Waals surface area contributed by atoms with E-state index in [1.165, 1.54) is 0 Å². The molecule has 5 heteroatoms. The Kier molecular flexibility index (Phi) is 4.04. The minimum absolute atomic E-state index is 0.120. The Morgan fingerprint density at radius 1 is 1.10 bits per heavy atom. The van der Waals surface area contributed by atoms with Gasteiger partial charge in [-0.05, 0) is 12.5 Å². The van der Waals surface area contributed by atoms with Crippen LogP contribution in [0.25, 0.3) is 10.9 Å². The minimum Gasteiger partial charge on any atom is -0.493 e. The topological polar surface area (TPSA) is 44.2 Å². The fourth-order valence-corrected chi connectivity index (χ4v) is 2.11. The molecule has 0 atom stereocenters. The lowest BCUT2D eigenvalue weighted by Gasteiger charge is -2.21. The monoisotopic (exact) mass is 294 g/mol. The molecule has 0 N–H and O–H groups in total. The number of rotatable bonds is 4. The summed E-state index contributed by atoms with van der Waals surface area (Å²) in [5.41, 5.74) is 0.643. The molecule has 0 unspecified atom stereocenters. The molecule has 0 aliphatic heterocycles. The second-order valence-electron chi connectivity index (χ2n) is 5.30. The number of aromatic nitrogens is 2. The van der Waals surface area contributed by atoms with Crippen LogP contribution < -0.4 is 9.47 Å². The van der Waals surface area contributed by atoms with Crippen molar-refractivity contribution in [3.63, 3.8) is 0 Å². The maximum atomic E-state index is 6.30. The van der Waals surface area contributed by atoms with Gasteiger partial charge in [-0.2, -0.15) is 0 Å². The quantitative estimate of drug-likeness (QED) is 0.800. The Balaban J connectivity index is 2.71. The molecule has 0 bridgehead atoms. The van der Waals surface area contributed by atoms with Gasteiger partial charge in [0.1, 0.15) is 11.0 Å². The molecule has 20 heavy (non-hydrogen) atoms. The van der Waals surface area contributed by atoms with Gasteiger partial charge in [-0.25, -0.2) is 9.97 Å². The molecule has 108 valence electrons. The SMILES string of the molecule is CCC(C)(C)c1nc(Cl)c2cc(OC)c(OC)cc2n1. The Morgan fingerprint density at radius 2 is 1.70 bits per heavy atom. The van der Waals surface area contributed by atoms with Gasteiger partial charge in [-0.15, -0.1) is 0 Å². The van der Waals surface area contributed by atoms with Gasteiger partial charge in [0.25, 0.3) is 0 Å². The summed E-state index contributed by atoms with van der Waals surface area (Å²) in [6, 6.07) is 3.64. The summed E-state index contributed by atoms with van der Waals surface area (Å²) in [5.74, 6) is 1.99. The molecule has 4 nitrogen and oxygen atoms in total. The van der Waals surface area contributed by atoms with E-state index in [0.717, 1.165) is 23.1 Å². The third-order valence-corrected chi connectivity index (χ3v) is 3.93. The number of halogens is 1. The summed E-state index contributed by atoms with van der Waals surface area (Å²) in [4.78, 5) is 9.06. The smallest absolute Gasteiger partial charge is 0.162 e. The summed E-state index contributed by atoms with van der Waals surface area (Å²) in [6.07, 6.45) is 0.933. The fraction of sp³-hybridized carbons (Fsp3) is 0.467. The van der Waals surface area contributed by atoms with Crippen LogP contribution in [0.15, 0.2) is 12.1 Å². The van der Waals surface area contributed by atoms with E-state index < -0.39 is 0 Å². The highest BCUT2D eigenvalue weighted by Crippen LogP contribution is 2.35. The minimum atomic E-state index is -0.120. The van der Waals surface area contributed by atoms with Crippen molar-refractivity contribution in [1.82, 2.24) is 9.97 Å². The summed E-state index contributed by atoms with van der Waals surface area (Å²) in [6.45, 7) is 6.31. The Hall–Kier alpha value is -1.55. The lowest BCUT2D eigenvalue weighted by molar-refractivity contribution is 0.355. The summed E-state index contributed by atoms with van der Waals surface area (Å²) in [5, 5.41) is 1.20. The molecule has 2 aromatic rings. The fourth-order valence-electron chi connectivity index (χ4n) is 1.88. The van der Waals surface area contributed by atoms with Crippen LogP contribution in [0.4, 0.5) is 0 Å². The summed E-state index contributed by atoms with van der Waals surface area (Å²) >= 11 is 6.30. The molecule has 1 aromatic heterocycles. The van der Waals surface area contributed by atoms with Gasteiger partial charge in [-0.1, -0.05) is 32.4 Å². The summed E-state index contributed by atoms with van der Waals surface area (Å²) in [7, 11) is 3.19. The van der Waals surface area contributed by atoms with E-state index in [1.54, 1.807) is 20.3 Å². The Morgan fingerprint density at radius 3 is 2.25 bits per heavy atom. The number of hydrogen-bond acceptors (Lipinski definition) is 4. The van der Waals surface area contributed by atoms with Crippen LogP contribution in [0.5, 0.6) is 11.5 Å². The number of nitrogens with zero attached hydrogens (tertiary/aromatic N) is 2. The van der Waals surface area contributed by atoms with E-state index in [2.05, 4.69) is 30.7 Å². The largest absolute Gasteiger partial charge is 0.493 e. The zero-order chi connectivity index (χ0) is 14.9. The van der Waals surface area contributed by atoms with Crippen LogP contribution in [0.2, 0.25) is 5.15 Å². The van der Waals surface area contributed by atoms with Crippen molar-refractivity contribution in [3.8, 4) is 11.5 Å². The molecule has 0 radical (unpaired) electrons. The molecule has 0 fully saturated rings. The average Bonchev–Trinajstić information content (AvgIpc) is 2.45. The lowest BCUT2D eigenvalue weighted by atomic mass is 9.89. The molecule has 0 saturated heterocycles. The molecule has 0 aliphatic carbocycles. The van der Waals surface area contributed by atoms with Gasteiger partial charge in [-0.3, -0.25) is 0 Å².